The normalized spacial score (nSPS) is 21.4. The summed E-state index contributed by atoms with van der Waals surface area (Å²) in [5.41, 5.74) is 0. The van der Waals surface area contributed by atoms with Gasteiger partial charge in [0.25, 0.3) is 0 Å². The molecule has 0 aromatic rings. The summed E-state index contributed by atoms with van der Waals surface area (Å²) in [6, 6.07) is 0. The van der Waals surface area contributed by atoms with Gasteiger partial charge in [-0.15, -0.1) is 0 Å². The Bertz CT molecular complexity index is 1260. The summed E-state index contributed by atoms with van der Waals surface area (Å²) in [6.07, 6.45) is 9.09. The standard InChI is InChI=1S/C38H70O17P2/c1-4-5-10-16-29(39)20-21-33-34(36(43)23-35(33)42)22-30(40)17-13-14-18-37(44)51-26-32(55-38(45)19-12-9-7-6-8-11-15-28(2)3)27-54-57(49,50)53-25-31(41)24-52-56(46,47)48/h20-21,28-29,31-36,39,41-43H,4-19,22-27H2,1-3H3,(H,49,50)(H2,46,47,48)/b21-20+/t29-,31-,32+,33+,34+,35+,36-/m0/s1. The molecule has 0 aliphatic heterocycles. The van der Waals surface area contributed by atoms with Crippen molar-refractivity contribution >= 4 is 33.4 Å². The third kappa shape index (κ3) is 27.7. The first kappa shape index (κ1) is 53.4. The van der Waals surface area contributed by atoms with Gasteiger partial charge in [0, 0.05) is 43.9 Å². The number of ketones is 1. The maximum Gasteiger partial charge on any atom is 0.472 e. The van der Waals surface area contributed by atoms with E-state index in [4.69, 9.17) is 23.8 Å². The first-order chi connectivity index (χ1) is 26.8. The van der Waals surface area contributed by atoms with E-state index in [2.05, 4.69) is 29.8 Å². The monoisotopic (exact) mass is 860 g/mol. The van der Waals surface area contributed by atoms with E-state index >= 15 is 0 Å². The molecule has 0 heterocycles. The Balaban J connectivity index is 2.61. The number of aliphatic hydroxyl groups is 4. The van der Waals surface area contributed by atoms with Crippen molar-refractivity contribution in [2.24, 2.45) is 17.8 Å². The second-order valence-corrected chi connectivity index (χ2v) is 18.1. The minimum absolute atomic E-state index is 0.0352. The number of hydrogen-bond acceptors (Lipinski definition) is 14. The molecule has 19 heteroatoms. The van der Waals surface area contributed by atoms with Crippen molar-refractivity contribution < 1.29 is 81.7 Å². The van der Waals surface area contributed by atoms with Crippen molar-refractivity contribution in [3.05, 3.63) is 12.2 Å². The second-order valence-electron chi connectivity index (χ2n) is 15.4. The summed E-state index contributed by atoms with van der Waals surface area (Å²) in [5.74, 6) is -1.78. The highest BCUT2D eigenvalue weighted by Crippen LogP contribution is 2.44. The molecule has 0 radical (unpaired) electrons. The summed E-state index contributed by atoms with van der Waals surface area (Å²) in [4.78, 5) is 65.5. The average Bonchev–Trinajstić information content (AvgIpc) is 3.39. The van der Waals surface area contributed by atoms with Gasteiger partial charge < -0.3 is 44.6 Å². The van der Waals surface area contributed by atoms with Crippen molar-refractivity contribution in [1.29, 1.82) is 0 Å². The average molecular weight is 861 g/mol. The van der Waals surface area contributed by atoms with Crippen LogP contribution in [0.5, 0.6) is 0 Å². The van der Waals surface area contributed by atoms with Crippen molar-refractivity contribution in [2.75, 3.05) is 26.4 Å². The van der Waals surface area contributed by atoms with Gasteiger partial charge in [-0.1, -0.05) is 90.7 Å². The third-order valence-electron chi connectivity index (χ3n) is 9.55. The zero-order valence-electron chi connectivity index (χ0n) is 33.9. The van der Waals surface area contributed by atoms with E-state index in [9.17, 15) is 48.8 Å². The number of rotatable bonds is 34. The fraction of sp³-hybridized carbons (Fsp3) is 0.868. The highest BCUT2D eigenvalue weighted by molar-refractivity contribution is 7.47. The van der Waals surface area contributed by atoms with Crippen LogP contribution in [0.15, 0.2) is 12.2 Å². The van der Waals surface area contributed by atoms with Crippen LogP contribution in [0.25, 0.3) is 0 Å². The van der Waals surface area contributed by atoms with Gasteiger partial charge in [-0.05, 0) is 31.6 Å². The Morgan fingerprint density at radius 1 is 0.719 bits per heavy atom. The highest BCUT2D eigenvalue weighted by atomic mass is 31.2. The summed E-state index contributed by atoms with van der Waals surface area (Å²) in [6.45, 7) is 3.38. The topological polar surface area (TPSA) is 273 Å². The summed E-state index contributed by atoms with van der Waals surface area (Å²) >= 11 is 0. The van der Waals surface area contributed by atoms with Gasteiger partial charge in [0.2, 0.25) is 0 Å². The molecule has 1 aliphatic carbocycles. The van der Waals surface area contributed by atoms with Crippen LogP contribution in [-0.4, -0.2) is 110 Å². The van der Waals surface area contributed by atoms with E-state index in [1.165, 1.54) is 6.42 Å². The minimum Gasteiger partial charge on any atom is -0.462 e. The highest BCUT2D eigenvalue weighted by Gasteiger charge is 2.41. The van der Waals surface area contributed by atoms with E-state index < -0.39 is 96.4 Å². The largest absolute Gasteiger partial charge is 0.472 e. The van der Waals surface area contributed by atoms with E-state index in [1.54, 1.807) is 12.2 Å². The number of unbranched alkanes of at least 4 members (excludes halogenated alkanes) is 8. The number of carbonyl (C=O) groups excluding carboxylic acids is 3. The molecule has 1 unspecified atom stereocenters. The van der Waals surface area contributed by atoms with Gasteiger partial charge >= 0.3 is 27.6 Å². The lowest BCUT2D eigenvalue weighted by Gasteiger charge is -2.21. The predicted molar refractivity (Wildman–Crippen MR) is 209 cm³/mol. The Morgan fingerprint density at radius 3 is 1.96 bits per heavy atom. The molecule has 1 aliphatic rings. The molecule has 57 heavy (non-hydrogen) atoms. The molecular formula is C38H70O17P2. The molecule has 8 atom stereocenters. The number of phosphoric acid groups is 2. The van der Waals surface area contributed by atoms with Crippen LogP contribution >= 0.6 is 15.6 Å². The van der Waals surface area contributed by atoms with E-state index in [0.717, 1.165) is 51.4 Å². The molecule has 1 fully saturated rings. The fourth-order valence-corrected chi connectivity index (χ4v) is 7.51. The third-order valence-corrected chi connectivity index (χ3v) is 11.0. The zero-order chi connectivity index (χ0) is 42.9. The molecule has 1 rings (SSSR count). The van der Waals surface area contributed by atoms with Gasteiger partial charge in [-0.2, -0.15) is 0 Å². The van der Waals surface area contributed by atoms with E-state index in [-0.39, 0.29) is 44.3 Å². The first-order valence-electron chi connectivity index (χ1n) is 20.4. The number of aliphatic hydroxyl groups excluding tert-OH is 4. The molecular weight excluding hydrogens is 790 g/mol. The Labute approximate surface area is 337 Å². The Morgan fingerprint density at radius 2 is 1.30 bits per heavy atom. The van der Waals surface area contributed by atoms with Crippen LogP contribution in [0.2, 0.25) is 0 Å². The smallest absolute Gasteiger partial charge is 0.462 e. The molecule has 0 aromatic carbocycles. The number of hydrogen-bond donors (Lipinski definition) is 7. The predicted octanol–water partition coefficient (Wildman–Crippen LogP) is 5.20. The lowest BCUT2D eigenvalue weighted by atomic mass is 9.87. The van der Waals surface area contributed by atoms with Crippen molar-refractivity contribution in [1.82, 2.24) is 0 Å². The molecule has 7 N–H and O–H groups in total. The SMILES string of the molecule is CCCCC[C@H](O)/C=C/[C@@H]1[C@@H](CC(=O)CCCCC(=O)OC[C@H](COP(=O)(O)OC[C@@H](O)COP(=O)(O)O)OC(=O)CCCCCCCCC(C)C)[C@@H](O)C[C@H]1O. The maximum atomic E-state index is 12.8. The molecule has 1 saturated carbocycles. The molecule has 0 aromatic heterocycles. The number of esters is 2. The second kappa shape index (κ2) is 29.6. The Hall–Kier alpha value is -1.59. The zero-order valence-corrected chi connectivity index (χ0v) is 35.7. The van der Waals surface area contributed by atoms with Gasteiger partial charge in [-0.3, -0.25) is 28.0 Å². The number of carbonyl (C=O) groups is 3. The van der Waals surface area contributed by atoms with Crippen LogP contribution in [0.1, 0.15) is 136 Å². The van der Waals surface area contributed by atoms with Crippen LogP contribution < -0.4 is 0 Å². The van der Waals surface area contributed by atoms with Gasteiger partial charge in [0.15, 0.2) is 6.10 Å². The molecule has 334 valence electrons. The quantitative estimate of drug-likeness (QED) is 0.0190. The van der Waals surface area contributed by atoms with E-state index in [1.807, 2.05) is 0 Å². The summed E-state index contributed by atoms with van der Waals surface area (Å²) in [7, 11) is -9.79. The van der Waals surface area contributed by atoms with Crippen molar-refractivity contribution in [2.45, 2.75) is 167 Å². The molecule has 0 saturated heterocycles. The minimum atomic E-state index is -4.90. The number of phosphoric ester groups is 2. The van der Waals surface area contributed by atoms with Gasteiger partial charge in [0.1, 0.15) is 18.5 Å². The molecule has 0 bridgehead atoms. The van der Waals surface area contributed by atoms with Crippen molar-refractivity contribution in [3.63, 3.8) is 0 Å². The van der Waals surface area contributed by atoms with E-state index in [0.29, 0.717) is 25.2 Å². The maximum absolute atomic E-state index is 12.8. The lowest BCUT2D eigenvalue weighted by molar-refractivity contribution is -0.161. The van der Waals surface area contributed by atoms with Gasteiger partial charge in [0.05, 0.1) is 38.1 Å². The van der Waals surface area contributed by atoms with Gasteiger partial charge in [-0.25, -0.2) is 9.13 Å². The first-order valence-corrected chi connectivity index (χ1v) is 23.4. The number of ether oxygens (including phenoxy) is 2. The summed E-state index contributed by atoms with van der Waals surface area (Å²) in [5, 5.41) is 41.0. The lowest BCUT2D eigenvalue weighted by Crippen LogP contribution is -2.30. The van der Waals surface area contributed by atoms with Crippen molar-refractivity contribution in [3.8, 4) is 0 Å². The fourth-order valence-electron chi connectivity index (χ4n) is 6.35. The van der Waals surface area contributed by atoms with Crippen LogP contribution in [0.3, 0.4) is 0 Å². The number of Topliss-reactive ketones (excluding diaryl/α,β-unsaturated/α-hetero) is 1. The molecule has 0 spiro atoms. The van der Waals surface area contributed by atoms with Crippen LogP contribution in [0.4, 0.5) is 0 Å². The van der Waals surface area contributed by atoms with Crippen LogP contribution in [0, 0.1) is 17.8 Å². The Kier molecular flexibility index (Phi) is 27.7. The molecule has 0 amide bonds. The molecule has 17 nitrogen and oxygen atoms in total. The van der Waals surface area contributed by atoms with Crippen LogP contribution in [-0.2, 0) is 46.6 Å². The summed E-state index contributed by atoms with van der Waals surface area (Å²) < 4.78 is 47.5.